The van der Waals surface area contributed by atoms with E-state index in [9.17, 15) is 19.2 Å². The Kier molecular flexibility index (Phi) is 13.0. The molecule has 214 valence electrons. The fourth-order valence-corrected chi connectivity index (χ4v) is 2.71. The summed E-state index contributed by atoms with van der Waals surface area (Å²) in [6, 6.07) is 3.29. The molecule has 0 amide bonds. The predicted molar refractivity (Wildman–Crippen MR) is 138 cm³/mol. The highest BCUT2D eigenvalue weighted by molar-refractivity contribution is 5.76. The first kappa shape index (κ1) is 32.7. The van der Waals surface area contributed by atoms with Gasteiger partial charge in [0.1, 0.15) is 30.5 Å². The zero-order valence-corrected chi connectivity index (χ0v) is 23.6. The third-order valence-electron chi connectivity index (χ3n) is 5.91. The third kappa shape index (κ3) is 11.4. The number of nitrogens with two attached hydrogens (primary N) is 1. The van der Waals surface area contributed by atoms with Crippen molar-refractivity contribution >= 4 is 24.2 Å². The summed E-state index contributed by atoms with van der Waals surface area (Å²) >= 11 is 0. The molecule has 11 heteroatoms. The zero-order valence-electron chi connectivity index (χ0n) is 23.6. The van der Waals surface area contributed by atoms with Crippen LogP contribution in [0.4, 0.5) is 9.59 Å². The van der Waals surface area contributed by atoms with Crippen LogP contribution in [0.3, 0.4) is 0 Å². The molecule has 0 saturated heterocycles. The van der Waals surface area contributed by atoms with Crippen molar-refractivity contribution in [3.63, 3.8) is 0 Å². The maximum absolute atomic E-state index is 12.5. The van der Waals surface area contributed by atoms with E-state index in [1.807, 2.05) is 27.7 Å². The molecule has 0 heterocycles. The minimum Gasteiger partial charge on any atom is -0.459 e. The van der Waals surface area contributed by atoms with Gasteiger partial charge in [0.25, 0.3) is 0 Å². The number of rotatable bonds is 12. The van der Waals surface area contributed by atoms with Gasteiger partial charge in [-0.1, -0.05) is 33.8 Å². The average molecular weight is 540 g/mol. The molecule has 3 unspecified atom stereocenters. The van der Waals surface area contributed by atoms with Crippen molar-refractivity contribution in [1.29, 1.82) is 0 Å². The van der Waals surface area contributed by atoms with Crippen LogP contribution in [-0.4, -0.2) is 54.7 Å². The van der Waals surface area contributed by atoms with E-state index in [0.29, 0.717) is 5.56 Å². The second-order valence-electron chi connectivity index (χ2n) is 9.89. The van der Waals surface area contributed by atoms with Crippen LogP contribution in [0.1, 0.15) is 67.9 Å². The van der Waals surface area contributed by atoms with E-state index in [-0.39, 0.29) is 29.8 Å². The maximum Gasteiger partial charge on any atom is 0.514 e. The summed E-state index contributed by atoms with van der Waals surface area (Å²) in [5, 5.41) is 0. The van der Waals surface area contributed by atoms with Crippen LogP contribution >= 0.6 is 0 Å². The lowest BCUT2D eigenvalue weighted by Gasteiger charge is -2.22. The number of hydrogen-bond acceptors (Lipinski definition) is 11. The average Bonchev–Trinajstić information content (AvgIpc) is 2.79. The lowest BCUT2D eigenvalue weighted by molar-refractivity contribution is -0.164. The van der Waals surface area contributed by atoms with E-state index in [0.717, 1.165) is 0 Å². The van der Waals surface area contributed by atoms with Crippen LogP contribution in [-0.2, 0) is 35.0 Å². The molecular weight excluding hydrogens is 498 g/mol. The van der Waals surface area contributed by atoms with Crippen molar-refractivity contribution in [2.45, 2.75) is 99.2 Å². The Morgan fingerprint density at radius 3 is 1.63 bits per heavy atom. The number of benzene rings is 1. The molecule has 0 saturated carbocycles. The fourth-order valence-electron chi connectivity index (χ4n) is 2.71. The summed E-state index contributed by atoms with van der Waals surface area (Å²) in [5.41, 5.74) is 6.52. The zero-order chi connectivity index (χ0) is 29.2. The Balaban J connectivity index is 3.05. The molecule has 0 spiro atoms. The lowest BCUT2D eigenvalue weighted by atomic mass is 10.1. The molecule has 2 N–H and O–H groups in total. The second kappa shape index (κ2) is 15.2. The summed E-state index contributed by atoms with van der Waals surface area (Å²) in [6.45, 7) is 15.4. The Hall–Kier alpha value is -3.34. The first-order chi connectivity index (χ1) is 17.6. The molecule has 38 heavy (non-hydrogen) atoms. The third-order valence-corrected chi connectivity index (χ3v) is 5.91. The van der Waals surface area contributed by atoms with Gasteiger partial charge in [0.05, 0.1) is 0 Å². The first-order valence-electron chi connectivity index (χ1n) is 12.6. The monoisotopic (exact) mass is 539 g/mol. The van der Waals surface area contributed by atoms with Crippen LogP contribution in [0.25, 0.3) is 0 Å². The summed E-state index contributed by atoms with van der Waals surface area (Å²) in [6.07, 6.45) is -4.15. The van der Waals surface area contributed by atoms with Gasteiger partial charge in [-0.3, -0.25) is 9.59 Å². The largest absolute Gasteiger partial charge is 0.514 e. The second-order valence-corrected chi connectivity index (χ2v) is 9.89. The van der Waals surface area contributed by atoms with E-state index in [4.69, 9.17) is 34.2 Å². The molecule has 0 aromatic heterocycles. The standard InChI is InChI=1S/C27H41NO10/c1-14(2)16(5)35-26(31)37-23-11-10-21(13-24(23)38-27(32)36-17(6)15(3)4)12-22(28)25(30)34-19(8)18(7)33-20(9)29/h10-11,13-19,22H,12,28H2,1-9H3/t16-,17?,18?,19?,22-/m0/s1. The van der Waals surface area contributed by atoms with Crippen molar-refractivity contribution < 1.29 is 47.6 Å². The Morgan fingerprint density at radius 2 is 1.16 bits per heavy atom. The highest BCUT2D eigenvalue weighted by atomic mass is 16.8. The minimum atomic E-state index is -1.08. The molecule has 0 fully saturated rings. The van der Waals surface area contributed by atoms with Crippen LogP contribution < -0.4 is 15.2 Å². The van der Waals surface area contributed by atoms with Crippen LogP contribution in [0.15, 0.2) is 18.2 Å². The van der Waals surface area contributed by atoms with Gasteiger partial charge in [-0.2, -0.15) is 0 Å². The summed E-state index contributed by atoms with van der Waals surface area (Å²) in [4.78, 5) is 48.3. The van der Waals surface area contributed by atoms with E-state index in [1.54, 1.807) is 33.8 Å². The highest BCUT2D eigenvalue weighted by Crippen LogP contribution is 2.30. The molecule has 0 bridgehead atoms. The Bertz CT molecular complexity index is 961. The first-order valence-corrected chi connectivity index (χ1v) is 12.6. The van der Waals surface area contributed by atoms with Gasteiger partial charge in [0.2, 0.25) is 0 Å². The SMILES string of the molecule is CC(=O)OC(C)C(C)OC(=O)[C@@H](N)Cc1ccc(OC(=O)O[C@@H](C)C(C)C)c(OC(=O)OC(C)C(C)C)c1. The molecule has 0 radical (unpaired) electrons. The summed E-state index contributed by atoms with van der Waals surface area (Å²) < 4.78 is 31.4. The Morgan fingerprint density at radius 1 is 0.684 bits per heavy atom. The van der Waals surface area contributed by atoms with Crippen molar-refractivity contribution in [1.82, 2.24) is 0 Å². The smallest absolute Gasteiger partial charge is 0.459 e. The molecule has 5 atom stereocenters. The maximum atomic E-state index is 12.5. The van der Waals surface area contributed by atoms with Gasteiger partial charge in [-0.05, 0) is 63.6 Å². The highest BCUT2D eigenvalue weighted by Gasteiger charge is 2.25. The summed E-state index contributed by atoms with van der Waals surface area (Å²) in [7, 11) is 0. The number of esters is 2. The number of carbonyl (C=O) groups is 4. The molecule has 0 aliphatic heterocycles. The van der Waals surface area contributed by atoms with Crippen molar-refractivity contribution in [3.8, 4) is 11.5 Å². The number of ether oxygens (including phenoxy) is 6. The van der Waals surface area contributed by atoms with Crippen LogP contribution in [0.5, 0.6) is 11.5 Å². The van der Waals surface area contributed by atoms with Crippen molar-refractivity contribution in [3.05, 3.63) is 23.8 Å². The fraction of sp³-hybridized carbons (Fsp3) is 0.630. The van der Waals surface area contributed by atoms with Gasteiger partial charge in [0, 0.05) is 6.92 Å². The topological polar surface area (TPSA) is 150 Å². The van der Waals surface area contributed by atoms with E-state index < -0.39 is 54.7 Å². The van der Waals surface area contributed by atoms with E-state index >= 15 is 0 Å². The van der Waals surface area contributed by atoms with Crippen molar-refractivity contribution in [2.24, 2.45) is 17.6 Å². The molecule has 0 aliphatic carbocycles. The van der Waals surface area contributed by atoms with Gasteiger partial charge in [-0.25, -0.2) is 9.59 Å². The normalized spacial score (nSPS) is 15.1. The van der Waals surface area contributed by atoms with Crippen molar-refractivity contribution in [2.75, 3.05) is 0 Å². The van der Waals surface area contributed by atoms with Gasteiger partial charge < -0.3 is 34.2 Å². The molecule has 0 aliphatic rings. The number of hydrogen-bond donors (Lipinski definition) is 1. The molecule has 1 aromatic carbocycles. The predicted octanol–water partition coefficient (Wildman–Crippen LogP) is 4.56. The molecule has 1 aromatic rings. The molecule has 1 rings (SSSR count). The van der Waals surface area contributed by atoms with E-state index in [2.05, 4.69) is 0 Å². The quantitative estimate of drug-likeness (QED) is 0.226. The molecule has 11 nitrogen and oxygen atoms in total. The minimum absolute atomic E-state index is 0.0103. The van der Waals surface area contributed by atoms with Gasteiger partial charge >= 0.3 is 24.2 Å². The summed E-state index contributed by atoms with van der Waals surface area (Å²) in [5.74, 6) is -1.29. The number of carbonyl (C=O) groups excluding carboxylic acids is 4. The van der Waals surface area contributed by atoms with Crippen LogP contribution in [0.2, 0.25) is 0 Å². The lowest BCUT2D eigenvalue weighted by Crippen LogP contribution is -2.39. The van der Waals surface area contributed by atoms with Gasteiger partial charge in [-0.15, -0.1) is 0 Å². The Labute approximate surface area is 224 Å². The molecular formula is C27H41NO10. The van der Waals surface area contributed by atoms with Crippen LogP contribution in [0, 0.1) is 11.8 Å². The van der Waals surface area contributed by atoms with Gasteiger partial charge in [0.15, 0.2) is 11.5 Å². The van der Waals surface area contributed by atoms with E-state index in [1.165, 1.54) is 19.1 Å².